The standard InChI is InChI=1S/C24H14N2O2/c27-26(28)16-10-13-22-20(14-16)23-17(15-6-2-1-3-7-15)11-12-19-18-8-4-5-9-21(18)25(22)24(19)23/h1-14H. The van der Waals surface area contributed by atoms with Gasteiger partial charge in [-0.25, -0.2) is 0 Å². The third-order valence-electron chi connectivity index (χ3n) is 5.62. The molecule has 0 spiro atoms. The van der Waals surface area contributed by atoms with Crippen LogP contribution in [0.25, 0.3) is 49.2 Å². The number of fused-ring (bicyclic) bond motifs is 6. The van der Waals surface area contributed by atoms with Crippen LogP contribution in [0.15, 0.2) is 84.9 Å². The molecule has 6 rings (SSSR count). The Morgan fingerprint density at radius 1 is 0.714 bits per heavy atom. The molecule has 0 saturated carbocycles. The molecule has 0 N–H and O–H groups in total. The summed E-state index contributed by atoms with van der Waals surface area (Å²) < 4.78 is 2.24. The molecule has 0 bridgehead atoms. The molecule has 2 heterocycles. The molecule has 0 radical (unpaired) electrons. The van der Waals surface area contributed by atoms with Crippen LogP contribution >= 0.6 is 0 Å². The molecule has 0 atom stereocenters. The maximum absolute atomic E-state index is 11.4. The van der Waals surface area contributed by atoms with Gasteiger partial charge in [0.15, 0.2) is 0 Å². The SMILES string of the molecule is O=[N+]([O-])c1ccc2c(c1)c1c(-c3ccccc3)ccc3c4ccccc4n2c31. The molecule has 4 nitrogen and oxygen atoms in total. The van der Waals surface area contributed by atoms with E-state index in [1.54, 1.807) is 12.1 Å². The van der Waals surface area contributed by atoms with E-state index in [1.165, 1.54) is 10.8 Å². The molecule has 0 saturated heterocycles. The monoisotopic (exact) mass is 362 g/mol. The number of nitro groups is 1. The van der Waals surface area contributed by atoms with Crippen LogP contribution in [0, 0.1) is 10.1 Å². The van der Waals surface area contributed by atoms with Gasteiger partial charge in [0.2, 0.25) is 0 Å². The number of hydrogen-bond donors (Lipinski definition) is 0. The normalized spacial score (nSPS) is 11.9. The van der Waals surface area contributed by atoms with Crippen molar-refractivity contribution in [1.29, 1.82) is 0 Å². The zero-order valence-electron chi connectivity index (χ0n) is 14.8. The molecule has 6 aromatic rings. The van der Waals surface area contributed by atoms with Crippen LogP contribution in [-0.4, -0.2) is 9.32 Å². The van der Waals surface area contributed by atoms with E-state index in [2.05, 4.69) is 46.9 Å². The van der Waals surface area contributed by atoms with E-state index >= 15 is 0 Å². The molecule has 0 unspecified atom stereocenters. The number of rotatable bonds is 2. The number of nitrogens with zero attached hydrogens (tertiary/aromatic N) is 2. The van der Waals surface area contributed by atoms with E-state index in [4.69, 9.17) is 0 Å². The average Bonchev–Trinajstić information content (AvgIpc) is 3.25. The van der Waals surface area contributed by atoms with Crippen molar-refractivity contribution in [3.63, 3.8) is 0 Å². The minimum Gasteiger partial charge on any atom is -0.308 e. The highest BCUT2D eigenvalue weighted by atomic mass is 16.6. The van der Waals surface area contributed by atoms with E-state index in [1.807, 2.05) is 30.3 Å². The lowest BCUT2D eigenvalue weighted by atomic mass is 9.97. The first-order valence-electron chi connectivity index (χ1n) is 9.15. The summed E-state index contributed by atoms with van der Waals surface area (Å²) in [6.07, 6.45) is 0. The number of non-ortho nitro benzene ring substituents is 1. The summed E-state index contributed by atoms with van der Waals surface area (Å²) in [7, 11) is 0. The molecule has 0 aliphatic heterocycles. The summed E-state index contributed by atoms with van der Waals surface area (Å²) in [6.45, 7) is 0. The highest BCUT2D eigenvalue weighted by Gasteiger charge is 2.21. The molecule has 0 aliphatic rings. The number of nitro benzene ring substituents is 1. The Labute approximate surface area is 159 Å². The number of aromatic nitrogens is 1. The van der Waals surface area contributed by atoms with Crippen molar-refractivity contribution in [2.24, 2.45) is 0 Å². The lowest BCUT2D eigenvalue weighted by Crippen LogP contribution is -1.87. The van der Waals surface area contributed by atoms with Crippen LogP contribution in [0.2, 0.25) is 0 Å². The Morgan fingerprint density at radius 3 is 2.29 bits per heavy atom. The van der Waals surface area contributed by atoms with Crippen molar-refractivity contribution in [1.82, 2.24) is 4.40 Å². The first-order valence-corrected chi connectivity index (χ1v) is 9.15. The highest BCUT2D eigenvalue weighted by Crippen LogP contribution is 2.44. The summed E-state index contributed by atoms with van der Waals surface area (Å²) in [5.74, 6) is 0. The van der Waals surface area contributed by atoms with Crippen molar-refractivity contribution in [3.05, 3.63) is 95.0 Å². The Balaban J connectivity index is 1.92. The minimum absolute atomic E-state index is 0.116. The molecule has 28 heavy (non-hydrogen) atoms. The summed E-state index contributed by atoms with van der Waals surface area (Å²) in [5, 5.41) is 15.8. The molecule has 4 aromatic carbocycles. The molecule has 132 valence electrons. The second kappa shape index (κ2) is 5.30. The van der Waals surface area contributed by atoms with Crippen LogP contribution in [0.3, 0.4) is 0 Å². The molecule has 0 aliphatic carbocycles. The second-order valence-electron chi connectivity index (χ2n) is 7.06. The third-order valence-corrected chi connectivity index (χ3v) is 5.62. The highest BCUT2D eigenvalue weighted by molar-refractivity contribution is 6.27. The molecule has 0 fully saturated rings. The van der Waals surface area contributed by atoms with Crippen LogP contribution in [0.4, 0.5) is 5.69 Å². The van der Waals surface area contributed by atoms with Gasteiger partial charge < -0.3 is 4.40 Å². The van der Waals surface area contributed by atoms with Gasteiger partial charge in [-0.2, -0.15) is 0 Å². The van der Waals surface area contributed by atoms with Gasteiger partial charge >= 0.3 is 0 Å². The van der Waals surface area contributed by atoms with Gasteiger partial charge in [0.25, 0.3) is 5.69 Å². The van der Waals surface area contributed by atoms with Crippen LogP contribution < -0.4 is 0 Å². The lowest BCUT2D eigenvalue weighted by molar-refractivity contribution is -0.384. The smallest absolute Gasteiger partial charge is 0.270 e. The van der Waals surface area contributed by atoms with E-state index in [-0.39, 0.29) is 10.6 Å². The average molecular weight is 362 g/mol. The Kier molecular flexibility index (Phi) is 2.87. The van der Waals surface area contributed by atoms with Crippen molar-refractivity contribution in [3.8, 4) is 11.1 Å². The first kappa shape index (κ1) is 15.2. The van der Waals surface area contributed by atoms with Gasteiger partial charge in [-0.3, -0.25) is 10.1 Å². The Bertz CT molecular complexity index is 1530. The number of hydrogen-bond acceptors (Lipinski definition) is 2. The summed E-state index contributed by atoms with van der Waals surface area (Å²) >= 11 is 0. The van der Waals surface area contributed by atoms with E-state index in [9.17, 15) is 10.1 Å². The molecule has 2 aromatic heterocycles. The van der Waals surface area contributed by atoms with Gasteiger partial charge in [0, 0.05) is 33.7 Å². The van der Waals surface area contributed by atoms with Crippen molar-refractivity contribution in [2.75, 3.05) is 0 Å². The first-order chi connectivity index (χ1) is 13.7. The topological polar surface area (TPSA) is 47.5 Å². The van der Waals surface area contributed by atoms with Crippen LogP contribution in [0.5, 0.6) is 0 Å². The fraction of sp³-hybridized carbons (Fsp3) is 0. The van der Waals surface area contributed by atoms with E-state index < -0.39 is 0 Å². The largest absolute Gasteiger partial charge is 0.308 e. The summed E-state index contributed by atoms with van der Waals surface area (Å²) in [6, 6.07) is 28.0. The van der Waals surface area contributed by atoms with Gasteiger partial charge in [0.1, 0.15) is 0 Å². The lowest BCUT2D eigenvalue weighted by Gasteiger charge is -2.05. The molecule has 0 amide bonds. The summed E-state index contributed by atoms with van der Waals surface area (Å²) in [4.78, 5) is 11.1. The molecule has 4 heteroatoms. The zero-order valence-corrected chi connectivity index (χ0v) is 14.8. The van der Waals surface area contributed by atoms with Crippen LogP contribution in [0.1, 0.15) is 0 Å². The number of benzene rings is 4. The fourth-order valence-corrected chi connectivity index (χ4v) is 4.47. The van der Waals surface area contributed by atoms with Gasteiger partial charge in [-0.05, 0) is 23.3 Å². The van der Waals surface area contributed by atoms with E-state index in [0.717, 1.165) is 38.4 Å². The predicted molar refractivity (Wildman–Crippen MR) is 113 cm³/mol. The maximum Gasteiger partial charge on any atom is 0.270 e. The van der Waals surface area contributed by atoms with Crippen molar-refractivity contribution in [2.45, 2.75) is 0 Å². The predicted octanol–water partition coefficient (Wildman–Crippen LogP) is 6.41. The van der Waals surface area contributed by atoms with Crippen molar-refractivity contribution >= 4 is 43.8 Å². The van der Waals surface area contributed by atoms with Crippen molar-refractivity contribution < 1.29 is 4.92 Å². The second-order valence-corrected chi connectivity index (χ2v) is 7.06. The fourth-order valence-electron chi connectivity index (χ4n) is 4.47. The maximum atomic E-state index is 11.4. The van der Waals surface area contributed by atoms with Gasteiger partial charge in [-0.1, -0.05) is 60.7 Å². The van der Waals surface area contributed by atoms with Gasteiger partial charge in [0.05, 0.1) is 21.5 Å². The molecular formula is C24H14N2O2. The quantitative estimate of drug-likeness (QED) is 0.264. The van der Waals surface area contributed by atoms with Gasteiger partial charge in [-0.15, -0.1) is 0 Å². The molecular weight excluding hydrogens is 348 g/mol. The third kappa shape index (κ3) is 1.84. The van der Waals surface area contributed by atoms with E-state index in [0.29, 0.717) is 0 Å². The minimum atomic E-state index is -0.325. The number of para-hydroxylation sites is 1. The Morgan fingerprint density at radius 2 is 1.46 bits per heavy atom. The summed E-state index contributed by atoms with van der Waals surface area (Å²) in [5.41, 5.74) is 5.56. The Hall–Kier alpha value is -3.92. The zero-order chi connectivity index (χ0) is 18.8. The van der Waals surface area contributed by atoms with Crippen LogP contribution in [-0.2, 0) is 0 Å².